The second-order valence-corrected chi connectivity index (χ2v) is 5.36. The Morgan fingerprint density at radius 1 is 1.14 bits per heavy atom. The van der Waals surface area contributed by atoms with E-state index < -0.39 is 5.82 Å². The van der Waals surface area contributed by atoms with Gasteiger partial charge in [0.25, 0.3) is 5.91 Å². The molecule has 2 aromatic rings. The van der Waals surface area contributed by atoms with Gasteiger partial charge in [-0.25, -0.2) is 4.39 Å². The Morgan fingerprint density at radius 3 is 2.71 bits per heavy atom. The summed E-state index contributed by atoms with van der Waals surface area (Å²) in [4.78, 5) is 14.1. The van der Waals surface area contributed by atoms with Gasteiger partial charge in [0.1, 0.15) is 18.2 Å². The molecule has 1 amide bonds. The topological polar surface area (TPSA) is 29.5 Å². The van der Waals surface area contributed by atoms with E-state index in [-0.39, 0.29) is 5.91 Å². The van der Waals surface area contributed by atoms with Crippen molar-refractivity contribution in [3.8, 4) is 5.75 Å². The van der Waals surface area contributed by atoms with Crippen LogP contribution in [0.1, 0.15) is 10.4 Å². The summed E-state index contributed by atoms with van der Waals surface area (Å²) < 4.78 is 18.6. The van der Waals surface area contributed by atoms with E-state index in [2.05, 4.69) is 0 Å². The molecule has 2 aromatic carbocycles. The minimum atomic E-state index is -0.405. The lowest BCUT2D eigenvalue weighted by atomic mass is 10.1. The number of benzene rings is 2. The van der Waals surface area contributed by atoms with Gasteiger partial charge in [-0.05, 0) is 30.3 Å². The van der Waals surface area contributed by atoms with Crippen LogP contribution in [-0.4, -0.2) is 19.1 Å². The number of amides is 1. The summed E-state index contributed by atoms with van der Waals surface area (Å²) in [5.41, 5.74) is 0.959. The predicted octanol–water partition coefficient (Wildman–Crippen LogP) is 4.17. The minimum Gasteiger partial charge on any atom is -0.489 e. The van der Waals surface area contributed by atoms with Crippen molar-refractivity contribution >= 4 is 34.8 Å². The van der Waals surface area contributed by atoms with E-state index in [9.17, 15) is 9.18 Å². The zero-order chi connectivity index (χ0) is 15.0. The van der Waals surface area contributed by atoms with Gasteiger partial charge in [-0.2, -0.15) is 0 Å². The summed E-state index contributed by atoms with van der Waals surface area (Å²) in [5, 5.41) is 0.702. The Hall–Kier alpha value is -1.78. The minimum absolute atomic E-state index is 0.232. The highest BCUT2D eigenvalue weighted by Gasteiger charge is 2.25. The fourth-order valence-electron chi connectivity index (χ4n) is 2.19. The number of ether oxygens (including phenoxy) is 1. The number of fused-ring (bicyclic) bond motifs is 1. The van der Waals surface area contributed by atoms with Crippen LogP contribution < -0.4 is 9.64 Å². The molecule has 6 heteroatoms. The lowest BCUT2D eigenvalue weighted by Crippen LogP contribution is -2.38. The Kier molecular flexibility index (Phi) is 3.74. The van der Waals surface area contributed by atoms with Gasteiger partial charge in [0.05, 0.1) is 22.3 Å². The molecule has 3 nitrogen and oxygen atoms in total. The monoisotopic (exact) mass is 325 g/mol. The molecule has 21 heavy (non-hydrogen) atoms. The van der Waals surface area contributed by atoms with Gasteiger partial charge in [-0.15, -0.1) is 0 Å². The third-order valence-electron chi connectivity index (χ3n) is 3.20. The number of carbonyl (C=O) groups excluding carboxylic acids is 1. The number of nitrogens with zero attached hydrogens (tertiary/aromatic N) is 1. The molecule has 0 aromatic heterocycles. The largest absolute Gasteiger partial charge is 0.489 e. The van der Waals surface area contributed by atoms with Crippen molar-refractivity contribution in [2.75, 3.05) is 18.1 Å². The molecule has 0 atom stereocenters. The Morgan fingerprint density at radius 2 is 1.95 bits per heavy atom. The highest BCUT2D eigenvalue weighted by Crippen LogP contribution is 2.33. The molecule has 0 fully saturated rings. The van der Waals surface area contributed by atoms with Crippen LogP contribution >= 0.6 is 23.2 Å². The molecule has 108 valence electrons. The molecule has 1 aliphatic rings. The van der Waals surface area contributed by atoms with Crippen molar-refractivity contribution in [2.45, 2.75) is 0 Å². The van der Waals surface area contributed by atoms with Crippen molar-refractivity contribution in [2.24, 2.45) is 0 Å². The third kappa shape index (κ3) is 2.69. The molecule has 0 N–H and O–H groups in total. The lowest BCUT2D eigenvalue weighted by Gasteiger charge is -2.29. The average molecular weight is 326 g/mol. The fraction of sp³-hybridized carbons (Fsp3) is 0.133. The van der Waals surface area contributed by atoms with E-state index in [0.29, 0.717) is 40.2 Å². The number of hydrogen-bond donors (Lipinski definition) is 0. The summed E-state index contributed by atoms with van der Waals surface area (Å²) >= 11 is 11.8. The van der Waals surface area contributed by atoms with Crippen LogP contribution in [0.25, 0.3) is 0 Å². The highest BCUT2D eigenvalue weighted by atomic mass is 35.5. The van der Waals surface area contributed by atoms with Crippen molar-refractivity contribution in [3.63, 3.8) is 0 Å². The molecule has 0 saturated carbocycles. The van der Waals surface area contributed by atoms with Gasteiger partial charge in [-0.1, -0.05) is 23.2 Å². The Balaban J connectivity index is 1.98. The summed E-state index contributed by atoms with van der Waals surface area (Å²) in [6, 6.07) is 8.79. The molecule has 0 bridgehead atoms. The number of hydrogen-bond acceptors (Lipinski definition) is 2. The van der Waals surface area contributed by atoms with Gasteiger partial charge >= 0.3 is 0 Å². The molecule has 0 radical (unpaired) electrons. The van der Waals surface area contributed by atoms with E-state index in [0.717, 1.165) is 0 Å². The van der Waals surface area contributed by atoms with E-state index in [1.54, 1.807) is 12.1 Å². The van der Waals surface area contributed by atoms with E-state index in [4.69, 9.17) is 27.9 Å². The van der Waals surface area contributed by atoms with Gasteiger partial charge < -0.3 is 9.64 Å². The zero-order valence-corrected chi connectivity index (χ0v) is 12.3. The molecule has 0 unspecified atom stereocenters. The van der Waals surface area contributed by atoms with Gasteiger partial charge in [0.2, 0.25) is 0 Å². The van der Waals surface area contributed by atoms with Crippen LogP contribution in [0.15, 0.2) is 36.4 Å². The van der Waals surface area contributed by atoms with Gasteiger partial charge in [0.15, 0.2) is 0 Å². The molecular formula is C15H10Cl2FNO2. The molecule has 0 spiro atoms. The van der Waals surface area contributed by atoms with Crippen LogP contribution in [-0.2, 0) is 0 Å². The summed E-state index contributed by atoms with van der Waals surface area (Å²) in [5.74, 6) is -0.281. The number of rotatable bonds is 1. The molecule has 1 heterocycles. The molecule has 0 aliphatic carbocycles. The first kappa shape index (κ1) is 14.2. The van der Waals surface area contributed by atoms with Crippen LogP contribution in [0.3, 0.4) is 0 Å². The van der Waals surface area contributed by atoms with Crippen molar-refractivity contribution < 1.29 is 13.9 Å². The smallest absolute Gasteiger partial charge is 0.258 e. The van der Waals surface area contributed by atoms with E-state index in [1.165, 1.54) is 29.2 Å². The second kappa shape index (κ2) is 5.54. The zero-order valence-electron chi connectivity index (χ0n) is 10.8. The quantitative estimate of drug-likeness (QED) is 0.787. The Labute approximate surface area is 130 Å². The fourth-order valence-corrected chi connectivity index (χ4v) is 2.49. The predicted molar refractivity (Wildman–Crippen MR) is 80.0 cm³/mol. The number of anilines is 1. The van der Waals surface area contributed by atoms with Crippen LogP contribution in [0.5, 0.6) is 5.75 Å². The maximum atomic E-state index is 13.2. The maximum absolute atomic E-state index is 13.2. The standard InChI is InChI=1S/C15H10Cl2FNO2/c16-11-3-1-9(7-12(11)17)15(20)19-5-6-21-14-8-10(18)2-4-13(14)19/h1-4,7-8H,5-6H2. The molecular weight excluding hydrogens is 316 g/mol. The van der Waals surface area contributed by atoms with E-state index in [1.807, 2.05) is 0 Å². The summed E-state index contributed by atoms with van der Waals surface area (Å²) in [6.07, 6.45) is 0. The second-order valence-electron chi connectivity index (χ2n) is 4.55. The molecule has 1 aliphatic heterocycles. The van der Waals surface area contributed by atoms with Crippen molar-refractivity contribution in [1.82, 2.24) is 0 Å². The van der Waals surface area contributed by atoms with Crippen LogP contribution in [0.4, 0.5) is 10.1 Å². The normalized spacial score (nSPS) is 13.6. The van der Waals surface area contributed by atoms with E-state index >= 15 is 0 Å². The summed E-state index contributed by atoms with van der Waals surface area (Å²) in [7, 11) is 0. The first-order valence-corrected chi connectivity index (χ1v) is 7.01. The maximum Gasteiger partial charge on any atom is 0.258 e. The van der Waals surface area contributed by atoms with Crippen LogP contribution in [0, 0.1) is 5.82 Å². The van der Waals surface area contributed by atoms with Crippen molar-refractivity contribution in [1.29, 1.82) is 0 Å². The summed E-state index contributed by atoms with van der Waals surface area (Å²) in [6.45, 7) is 0.696. The first-order chi connectivity index (χ1) is 10.1. The number of carbonyl (C=O) groups is 1. The molecule has 0 saturated heterocycles. The van der Waals surface area contributed by atoms with Gasteiger partial charge in [-0.3, -0.25) is 4.79 Å². The van der Waals surface area contributed by atoms with Crippen LogP contribution in [0.2, 0.25) is 10.0 Å². The SMILES string of the molecule is O=C(c1ccc(Cl)c(Cl)c1)N1CCOc2cc(F)ccc21. The highest BCUT2D eigenvalue weighted by molar-refractivity contribution is 6.42. The first-order valence-electron chi connectivity index (χ1n) is 6.25. The average Bonchev–Trinajstić information content (AvgIpc) is 2.48. The molecule has 3 rings (SSSR count). The van der Waals surface area contributed by atoms with Crippen molar-refractivity contribution in [3.05, 3.63) is 57.8 Å². The lowest BCUT2D eigenvalue weighted by molar-refractivity contribution is 0.0976. The third-order valence-corrected chi connectivity index (χ3v) is 3.94. The number of halogens is 3. The Bertz CT molecular complexity index is 721. The van der Waals surface area contributed by atoms with Gasteiger partial charge in [0, 0.05) is 11.6 Å².